The van der Waals surface area contributed by atoms with Crippen molar-refractivity contribution in [1.29, 1.82) is 0 Å². The number of anilines is 1. The molecule has 0 radical (unpaired) electrons. The van der Waals surface area contributed by atoms with Gasteiger partial charge in [-0.1, -0.05) is 73.5 Å². The summed E-state index contributed by atoms with van der Waals surface area (Å²) in [5, 5.41) is 3.17. The fourth-order valence-corrected chi connectivity index (χ4v) is 6.20. The summed E-state index contributed by atoms with van der Waals surface area (Å²) in [5.74, 6) is 0.187. The number of benzene rings is 3. The molecule has 3 aromatic rings. The fourth-order valence-electron chi connectivity index (χ4n) is 5.36. The van der Waals surface area contributed by atoms with E-state index < -0.39 is 28.5 Å². The lowest BCUT2D eigenvalue weighted by atomic mass is 10.0. The maximum absolute atomic E-state index is 14.2. The first-order valence-corrected chi connectivity index (χ1v) is 15.7. The minimum atomic E-state index is -3.87. The zero-order valence-corrected chi connectivity index (χ0v) is 23.9. The smallest absolute Gasteiger partial charge is 0.244 e. The van der Waals surface area contributed by atoms with Gasteiger partial charge in [-0.15, -0.1) is 0 Å². The van der Waals surface area contributed by atoms with Crippen LogP contribution >= 0.6 is 0 Å². The number of rotatable bonds is 11. The van der Waals surface area contributed by atoms with E-state index in [9.17, 15) is 18.0 Å². The quantitative estimate of drug-likeness (QED) is 0.371. The number of carbonyl (C=O) groups excluding carboxylic acids is 2. The van der Waals surface area contributed by atoms with Crippen LogP contribution in [-0.2, 0) is 32.6 Å². The summed E-state index contributed by atoms with van der Waals surface area (Å²) in [5.41, 5.74) is 2.02. The molecule has 0 spiro atoms. The highest BCUT2D eigenvalue weighted by Crippen LogP contribution is 2.36. The van der Waals surface area contributed by atoms with Crippen LogP contribution in [0.25, 0.3) is 0 Å². The van der Waals surface area contributed by atoms with E-state index in [0.29, 0.717) is 17.9 Å². The van der Waals surface area contributed by atoms with Crippen LogP contribution in [0.4, 0.5) is 5.69 Å². The van der Waals surface area contributed by atoms with Gasteiger partial charge in [0, 0.05) is 25.1 Å². The molecule has 1 fully saturated rings. The Morgan fingerprint density at radius 1 is 0.902 bits per heavy atom. The highest BCUT2D eigenvalue weighted by atomic mass is 32.2. The first-order valence-electron chi connectivity index (χ1n) is 13.8. The van der Waals surface area contributed by atoms with Crippen LogP contribution in [0.3, 0.4) is 0 Å². The molecule has 1 aliphatic heterocycles. The van der Waals surface area contributed by atoms with E-state index in [0.717, 1.165) is 47.4 Å². The van der Waals surface area contributed by atoms with E-state index >= 15 is 0 Å². The molecular formula is C31H35N3O6S. The molecule has 1 aliphatic carbocycles. The molecule has 1 heterocycles. The van der Waals surface area contributed by atoms with Gasteiger partial charge in [-0.25, -0.2) is 8.42 Å². The summed E-state index contributed by atoms with van der Waals surface area (Å²) in [4.78, 5) is 29.5. The molecule has 0 unspecified atom stereocenters. The fraction of sp³-hybridized carbons (Fsp3) is 0.355. The Bertz CT molecular complexity index is 1460. The van der Waals surface area contributed by atoms with Crippen LogP contribution < -0.4 is 19.1 Å². The van der Waals surface area contributed by atoms with Gasteiger partial charge < -0.3 is 19.7 Å². The average Bonchev–Trinajstić information content (AvgIpc) is 3.65. The Labute approximate surface area is 241 Å². The second-order valence-corrected chi connectivity index (χ2v) is 12.4. The van der Waals surface area contributed by atoms with Crippen molar-refractivity contribution < 1.29 is 27.5 Å². The molecule has 1 N–H and O–H groups in total. The van der Waals surface area contributed by atoms with E-state index in [-0.39, 0.29) is 31.0 Å². The Morgan fingerprint density at radius 2 is 1.54 bits per heavy atom. The van der Waals surface area contributed by atoms with Crippen LogP contribution in [0.5, 0.6) is 11.5 Å². The summed E-state index contributed by atoms with van der Waals surface area (Å²) in [6.07, 6.45) is 5.27. The van der Waals surface area contributed by atoms with Crippen LogP contribution in [0.2, 0.25) is 0 Å². The predicted molar refractivity (Wildman–Crippen MR) is 156 cm³/mol. The third-order valence-electron chi connectivity index (χ3n) is 7.49. The Morgan fingerprint density at radius 3 is 2.20 bits per heavy atom. The molecule has 10 heteroatoms. The normalized spacial score (nSPS) is 15.3. The molecule has 41 heavy (non-hydrogen) atoms. The first-order chi connectivity index (χ1) is 19.8. The third kappa shape index (κ3) is 7.18. The molecule has 2 amide bonds. The van der Waals surface area contributed by atoms with Gasteiger partial charge in [-0.3, -0.25) is 13.9 Å². The maximum Gasteiger partial charge on any atom is 0.244 e. The maximum atomic E-state index is 14.2. The Hall–Kier alpha value is -4.05. The lowest BCUT2D eigenvalue weighted by molar-refractivity contribution is -0.140. The van der Waals surface area contributed by atoms with Crippen molar-refractivity contribution in [2.24, 2.45) is 0 Å². The highest BCUT2D eigenvalue weighted by Gasteiger charge is 2.34. The zero-order chi connectivity index (χ0) is 28.8. The highest BCUT2D eigenvalue weighted by molar-refractivity contribution is 7.92. The number of ether oxygens (including phenoxy) is 2. The zero-order valence-electron chi connectivity index (χ0n) is 23.1. The van der Waals surface area contributed by atoms with E-state index in [1.165, 1.54) is 4.90 Å². The topological polar surface area (TPSA) is 105 Å². The van der Waals surface area contributed by atoms with E-state index in [2.05, 4.69) is 5.32 Å². The Balaban J connectivity index is 1.49. The summed E-state index contributed by atoms with van der Waals surface area (Å²) < 4.78 is 37.8. The number of hydrogen-bond donors (Lipinski definition) is 1. The SMILES string of the molecule is CS(=O)(=O)N(CC(=O)N(Cc1ccccc1)[C@@H](Cc1ccccc1)C(=O)NC1CCCC1)c1ccc2c(c1)OCO2. The van der Waals surface area contributed by atoms with Crippen molar-refractivity contribution in [3.63, 3.8) is 0 Å². The largest absolute Gasteiger partial charge is 0.454 e. The van der Waals surface area contributed by atoms with Crippen molar-refractivity contribution in [3.8, 4) is 11.5 Å². The van der Waals surface area contributed by atoms with Crippen LogP contribution in [-0.4, -0.2) is 56.8 Å². The molecule has 1 atom stereocenters. The standard InChI is InChI=1S/C31H35N3O6S/c1-41(37,38)34(26-16-17-28-29(19-26)40-22-39-28)21-30(35)33(20-24-12-6-3-7-13-24)27(18-23-10-4-2-5-11-23)31(36)32-25-14-8-9-15-25/h2-7,10-13,16-17,19,25,27H,8-9,14-15,18,20-22H2,1H3,(H,32,36)/t27-/m0/s1. The van der Waals surface area contributed by atoms with Gasteiger partial charge in [0.25, 0.3) is 0 Å². The van der Waals surface area contributed by atoms with E-state index in [1.54, 1.807) is 18.2 Å². The second kappa shape index (κ2) is 12.6. The average molecular weight is 578 g/mol. The summed E-state index contributed by atoms with van der Waals surface area (Å²) >= 11 is 0. The molecule has 0 bridgehead atoms. The first kappa shape index (κ1) is 28.5. The Kier molecular flexibility index (Phi) is 8.78. The lowest BCUT2D eigenvalue weighted by Crippen LogP contribution is -2.54. The monoisotopic (exact) mass is 577 g/mol. The van der Waals surface area contributed by atoms with Gasteiger partial charge in [0.05, 0.1) is 11.9 Å². The molecule has 0 saturated heterocycles. The molecule has 216 valence electrons. The molecular weight excluding hydrogens is 542 g/mol. The van der Waals surface area contributed by atoms with Gasteiger partial charge in [0.2, 0.25) is 28.6 Å². The van der Waals surface area contributed by atoms with Gasteiger partial charge in [-0.2, -0.15) is 0 Å². The summed E-state index contributed by atoms with van der Waals surface area (Å²) in [7, 11) is -3.87. The number of amides is 2. The van der Waals surface area contributed by atoms with Gasteiger partial charge >= 0.3 is 0 Å². The molecule has 2 aliphatic rings. The number of carbonyl (C=O) groups is 2. The molecule has 3 aromatic carbocycles. The van der Waals surface area contributed by atoms with Crippen LogP contribution in [0.1, 0.15) is 36.8 Å². The van der Waals surface area contributed by atoms with Crippen molar-refractivity contribution in [2.75, 3.05) is 23.9 Å². The number of fused-ring (bicyclic) bond motifs is 1. The summed E-state index contributed by atoms with van der Waals surface area (Å²) in [6.45, 7) is -0.292. The van der Waals surface area contributed by atoms with Crippen molar-refractivity contribution >= 4 is 27.5 Å². The van der Waals surface area contributed by atoms with Crippen molar-refractivity contribution in [3.05, 3.63) is 90.0 Å². The molecule has 5 rings (SSSR count). The van der Waals surface area contributed by atoms with Crippen LogP contribution in [0, 0.1) is 0 Å². The number of nitrogens with one attached hydrogen (secondary N) is 1. The van der Waals surface area contributed by atoms with Crippen LogP contribution in [0.15, 0.2) is 78.9 Å². The minimum absolute atomic E-state index is 0.0404. The van der Waals surface area contributed by atoms with Gasteiger partial charge in [-0.05, 0) is 36.1 Å². The summed E-state index contributed by atoms with van der Waals surface area (Å²) in [6, 6.07) is 22.9. The predicted octanol–water partition coefficient (Wildman–Crippen LogP) is 3.88. The van der Waals surface area contributed by atoms with Crippen molar-refractivity contribution in [2.45, 2.75) is 50.7 Å². The second-order valence-electron chi connectivity index (χ2n) is 10.5. The van der Waals surface area contributed by atoms with Gasteiger partial charge in [0.1, 0.15) is 12.6 Å². The van der Waals surface area contributed by atoms with Gasteiger partial charge in [0.15, 0.2) is 11.5 Å². The third-order valence-corrected chi connectivity index (χ3v) is 8.63. The number of nitrogens with zero attached hydrogens (tertiary/aromatic N) is 2. The van der Waals surface area contributed by atoms with E-state index in [1.807, 2.05) is 60.7 Å². The van der Waals surface area contributed by atoms with Crippen molar-refractivity contribution in [1.82, 2.24) is 10.2 Å². The number of sulfonamides is 1. The molecule has 9 nitrogen and oxygen atoms in total. The minimum Gasteiger partial charge on any atom is -0.454 e. The van der Waals surface area contributed by atoms with E-state index in [4.69, 9.17) is 9.47 Å². The lowest BCUT2D eigenvalue weighted by Gasteiger charge is -2.34. The molecule has 1 saturated carbocycles. The number of hydrogen-bond acceptors (Lipinski definition) is 6. The molecule has 0 aromatic heterocycles.